The van der Waals surface area contributed by atoms with E-state index in [1.165, 1.54) is 6.07 Å². The van der Waals surface area contributed by atoms with Gasteiger partial charge >= 0.3 is 0 Å². The van der Waals surface area contributed by atoms with Crippen molar-refractivity contribution in [3.63, 3.8) is 0 Å². The fourth-order valence-electron chi connectivity index (χ4n) is 2.35. The first-order chi connectivity index (χ1) is 9.95. The second-order valence-corrected chi connectivity index (χ2v) is 5.24. The molecule has 2 aromatic rings. The van der Waals surface area contributed by atoms with Crippen molar-refractivity contribution in [2.45, 2.75) is 26.9 Å². The van der Waals surface area contributed by atoms with E-state index in [0.29, 0.717) is 17.1 Å². The molecule has 0 aliphatic rings. The van der Waals surface area contributed by atoms with Crippen LogP contribution in [0.1, 0.15) is 22.5 Å². The minimum absolute atomic E-state index is 0.0187. The summed E-state index contributed by atoms with van der Waals surface area (Å²) in [5, 5.41) is 19.1. The van der Waals surface area contributed by atoms with E-state index in [1.54, 1.807) is 16.8 Å². The molecule has 0 fully saturated rings. The summed E-state index contributed by atoms with van der Waals surface area (Å²) in [7, 11) is 1.87. The van der Waals surface area contributed by atoms with Crippen LogP contribution >= 0.6 is 11.6 Å². The maximum atomic E-state index is 11.1. The van der Waals surface area contributed by atoms with Crippen LogP contribution in [0.2, 0.25) is 5.02 Å². The zero-order chi connectivity index (χ0) is 15.6. The molecule has 0 unspecified atom stereocenters. The third-order valence-corrected chi connectivity index (χ3v) is 3.84. The quantitative estimate of drug-likeness (QED) is 0.681. The second kappa shape index (κ2) is 6.24. The van der Waals surface area contributed by atoms with Gasteiger partial charge in [0.25, 0.3) is 5.69 Å². The predicted molar refractivity (Wildman–Crippen MR) is 81.7 cm³/mol. The summed E-state index contributed by atoms with van der Waals surface area (Å²) in [5.41, 5.74) is 3.50. The van der Waals surface area contributed by atoms with Crippen molar-refractivity contribution in [3.05, 3.63) is 55.9 Å². The monoisotopic (exact) mass is 308 g/mol. The fraction of sp³-hybridized carbons (Fsp3) is 0.357. The van der Waals surface area contributed by atoms with Gasteiger partial charge in [-0.2, -0.15) is 5.10 Å². The van der Waals surface area contributed by atoms with E-state index >= 15 is 0 Å². The molecular weight excluding hydrogens is 292 g/mol. The highest BCUT2D eigenvalue weighted by molar-refractivity contribution is 6.31. The highest BCUT2D eigenvalue weighted by Gasteiger charge is 2.19. The Kier molecular flexibility index (Phi) is 4.59. The zero-order valence-corrected chi connectivity index (χ0v) is 12.9. The number of hydrogen-bond donors (Lipinski definition) is 1. The third-order valence-electron chi connectivity index (χ3n) is 3.48. The smallest absolute Gasteiger partial charge is 0.275 e. The van der Waals surface area contributed by atoms with Crippen molar-refractivity contribution in [2.24, 2.45) is 0 Å². The number of nitrogens with one attached hydrogen (secondary N) is 1. The highest BCUT2D eigenvalue weighted by Crippen LogP contribution is 2.27. The molecule has 1 N–H and O–H groups in total. The standard InChI is InChI=1S/C14H17ClN4O2/c1-9-11(7-16-3)10(2)18(17-9)8-12-13(15)5-4-6-14(12)19(20)21/h4-6,16H,7-8H2,1-3H3. The third kappa shape index (κ3) is 3.06. The number of nitro groups is 1. The molecule has 21 heavy (non-hydrogen) atoms. The van der Waals surface area contributed by atoms with Crippen molar-refractivity contribution in [1.29, 1.82) is 0 Å². The number of benzene rings is 1. The first-order valence-electron chi connectivity index (χ1n) is 6.55. The van der Waals surface area contributed by atoms with E-state index in [-0.39, 0.29) is 12.2 Å². The van der Waals surface area contributed by atoms with Gasteiger partial charge in [0.1, 0.15) is 0 Å². The van der Waals surface area contributed by atoms with Gasteiger partial charge in [0.2, 0.25) is 0 Å². The molecule has 2 rings (SSSR count). The molecule has 112 valence electrons. The van der Waals surface area contributed by atoms with Gasteiger partial charge in [0, 0.05) is 23.9 Å². The molecule has 6 nitrogen and oxygen atoms in total. The van der Waals surface area contributed by atoms with Crippen LogP contribution in [0.3, 0.4) is 0 Å². The SMILES string of the molecule is CNCc1c(C)nn(Cc2c(Cl)cccc2[N+](=O)[O-])c1C. The number of nitro benzene ring substituents is 1. The maximum Gasteiger partial charge on any atom is 0.275 e. The summed E-state index contributed by atoms with van der Waals surface area (Å²) in [4.78, 5) is 10.7. The maximum absolute atomic E-state index is 11.1. The van der Waals surface area contributed by atoms with Gasteiger partial charge < -0.3 is 5.32 Å². The van der Waals surface area contributed by atoms with E-state index in [2.05, 4.69) is 10.4 Å². The highest BCUT2D eigenvalue weighted by atomic mass is 35.5. The molecule has 1 aromatic carbocycles. The predicted octanol–water partition coefficient (Wildman–Crippen LogP) is 2.83. The van der Waals surface area contributed by atoms with Gasteiger partial charge in [-0.05, 0) is 27.0 Å². The van der Waals surface area contributed by atoms with Crippen molar-refractivity contribution >= 4 is 17.3 Å². The Labute approximate surface area is 127 Å². The summed E-state index contributed by atoms with van der Waals surface area (Å²) in [5.74, 6) is 0. The Morgan fingerprint density at radius 3 is 2.71 bits per heavy atom. The molecule has 0 amide bonds. The van der Waals surface area contributed by atoms with Gasteiger partial charge in [-0.15, -0.1) is 0 Å². The van der Waals surface area contributed by atoms with Gasteiger partial charge in [0.15, 0.2) is 0 Å². The van der Waals surface area contributed by atoms with Crippen LogP contribution in [0.15, 0.2) is 18.2 Å². The van der Waals surface area contributed by atoms with E-state index in [1.807, 2.05) is 20.9 Å². The summed E-state index contributed by atoms with van der Waals surface area (Å²) in [6.07, 6.45) is 0. The van der Waals surface area contributed by atoms with Crippen LogP contribution < -0.4 is 5.32 Å². The van der Waals surface area contributed by atoms with E-state index in [9.17, 15) is 10.1 Å². The fourth-order valence-corrected chi connectivity index (χ4v) is 2.57. The van der Waals surface area contributed by atoms with Gasteiger partial charge in [0.05, 0.1) is 27.7 Å². The van der Waals surface area contributed by atoms with Crippen molar-refractivity contribution in [2.75, 3.05) is 7.05 Å². The van der Waals surface area contributed by atoms with Crippen LogP contribution in [-0.4, -0.2) is 21.8 Å². The number of hydrogen-bond acceptors (Lipinski definition) is 4. The largest absolute Gasteiger partial charge is 0.316 e. The van der Waals surface area contributed by atoms with Gasteiger partial charge in [-0.3, -0.25) is 14.8 Å². The molecule has 0 saturated heterocycles. The van der Waals surface area contributed by atoms with Crippen LogP contribution in [0.25, 0.3) is 0 Å². The number of aryl methyl sites for hydroxylation is 1. The molecule has 0 radical (unpaired) electrons. The zero-order valence-electron chi connectivity index (χ0n) is 12.2. The molecule has 7 heteroatoms. The van der Waals surface area contributed by atoms with E-state index in [4.69, 9.17) is 11.6 Å². The molecule has 0 atom stereocenters. The minimum Gasteiger partial charge on any atom is -0.316 e. The Morgan fingerprint density at radius 2 is 2.10 bits per heavy atom. The normalized spacial score (nSPS) is 10.9. The lowest BCUT2D eigenvalue weighted by Crippen LogP contribution is -2.09. The molecule has 0 aliphatic heterocycles. The van der Waals surface area contributed by atoms with Gasteiger partial charge in [-0.25, -0.2) is 0 Å². The van der Waals surface area contributed by atoms with Crippen molar-refractivity contribution in [1.82, 2.24) is 15.1 Å². The van der Waals surface area contributed by atoms with Crippen LogP contribution in [-0.2, 0) is 13.1 Å². The van der Waals surface area contributed by atoms with Crippen LogP contribution in [0.5, 0.6) is 0 Å². The molecule has 0 spiro atoms. The molecule has 0 aliphatic carbocycles. The van der Waals surface area contributed by atoms with Crippen LogP contribution in [0, 0.1) is 24.0 Å². The number of aromatic nitrogens is 2. The topological polar surface area (TPSA) is 73.0 Å². The number of halogens is 1. The summed E-state index contributed by atoms with van der Waals surface area (Å²) in [6.45, 7) is 4.88. The average Bonchev–Trinajstić information content (AvgIpc) is 2.69. The average molecular weight is 309 g/mol. The van der Waals surface area contributed by atoms with Crippen molar-refractivity contribution < 1.29 is 4.92 Å². The first-order valence-corrected chi connectivity index (χ1v) is 6.92. The van der Waals surface area contributed by atoms with E-state index < -0.39 is 4.92 Å². The number of rotatable bonds is 5. The summed E-state index contributed by atoms with van der Waals surface area (Å²) < 4.78 is 1.76. The number of nitrogens with zero attached hydrogens (tertiary/aromatic N) is 3. The second-order valence-electron chi connectivity index (χ2n) is 4.83. The Bertz CT molecular complexity index is 682. The Balaban J connectivity index is 2.44. The first kappa shape index (κ1) is 15.5. The summed E-state index contributed by atoms with van der Waals surface area (Å²) in [6, 6.07) is 4.70. The van der Waals surface area contributed by atoms with Gasteiger partial charge in [-0.1, -0.05) is 17.7 Å². The Morgan fingerprint density at radius 1 is 1.38 bits per heavy atom. The molecule has 1 aromatic heterocycles. The molecule has 1 heterocycles. The lowest BCUT2D eigenvalue weighted by atomic mass is 10.1. The molecule has 0 saturated carbocycles. The van der Waals surface area contributed by atoms with E-state index in [0.717, 1.165) is 17.0 Å². The van der Waals surface area contributed by atoms with Crippen LogP contribution in [0.4, 0.5) is 5.69 Å². The lowest BCUT2D eigenvalue weighted by molar-refractivity contribution is -0.385. The molecular formula is C14H17ClN4O2. The Hall–Kier alpha value is -1.92. The lowest BCUT2D eigenvalue weighted by Gasteiger charge is -2.08. The van der Waals surface area contributed by atoms with Crippen molar-refractivity contribution in [3.8, 4) is 0 Å². The molecule has 0 bridgehead atoms. The minimum atomic E-state index is -0.415. The summed E-state index contributed by atoms with van der Waals surface area (Å²) >= 11 is 6.13.